The zero-order valence-corrected chi connectivity index (χ0v) is 18.6. The van der Waals surface area contributed by atoms with Crippen LogP contribution in [0.3, 0.4) is 0 Å². The molecule has 1 amide bonds. The van der Waals surface area contributed by atoms with E-state index in [1.165, 1.54) is 14.2 Å². The molecule has 0 bridgehead atoms. The summed E-state index contributed by atoms with van der Waals surface area (Å²) < 4.78 is 10.6. The monoisotopic (exact) mass is 425 g/mol. The number of rotatable bonds is 7. The van der Waals surface area contributed by atoms with E-state index in [4.69, 9.17) is 9.47 Å². The van der Waals surface area contributed by atoms with Gasteiger partial charge in [0.2, 0.25) is 0 Å². The maximum atomic E-state index is 13.0. The number of nitrogens with zero attached hydrogens (tertiary/aromatic N) is 1. The quantitative estimate of drug-likeness (QED) is 0.400. The minimum Gasteiger partial charge on any atom is -0.507 e. The van der Waals surface area contributed by atoms with E-state index in [0.29, 0.717) is 30.2 Å². The van der Waals surface area contributed by atoms with Crippen molar-refractivity contribution in [1.29, 1.82) is 0 Å². The first kappa shape index (κ1) is 22.4. The second-order valence-corrected chi connectivity index (χ2v) is 7.93. The van der Waals surface area contributed by atoms with Crippen LogP contribution in [-0.4, -0.2) is 63.1 Å². The predicted molar refractivity (Wildman–Crippen MR) is 117 cm³/mol. The predicted octanol–water partition coefficient (Wildman–Crippen LogP) is 1.58. The number of benzene rings is 2. The molecule has 1 aliphatic heterocycles. The van der Waals surface area contributed by atoms with Gasteiger partial charge >= 0.3 is 0 Å². The summed E-state index contributed by atoms with van der Waals surface area (Å²) in [6.07, 6.45) is 0. The molecule has 7 nitrogen and oxygen atoms in total. The highest BCUT2D eigenvalue weighted by Gasteiger charge is 2.46. The number of Topliss-reactive ketones (excluding diaryl/α,β-unsaturated/α-hetero) is 1. The third-order valence-corrected chi connectivity index (χ3v) is 5.44. The minimum atomic E-state index is -0.688. The van der Waals surface area contributed by atoms with Gasteiger partial charge in [0.05, 0.1) is 53.0 Å². The number of hydrogen-bond donors (Lipinski definition) is 2. The summed E-state index contributed by atoms with van der Waals surface area (Å²) in [5.74, 6) is -0.600. The Hall–Kier alpha value is -3.32. The van der Waals surface area contributed by atoms with Crippen LogP contribution in [0.5, 0.6) is 11.5 Å². The van der Waals surface area contributed by atoms with Crippen molar-refractivity contribution in [1.82, 2.24) is 4.90 Å². The molecule has 164 valence electrons. The average molecular weight is 426 g/mol. The van der Waals surface area contributed by atoms with Crippen LogP contribution in [0.1, 0.15) is 22.7 Å². The fourth-order valence-electron chi connectivity index (χ4n) is 3.69. The van der Waals surface area contributed by atoms with Gasteiger partial charge in [-0.1, -0.05) is 29.8 Å². The lowest BCUT2D eigenvalue weighted by Crippen LogP contribution is -3.06. The molecule has 2 N–H and O–H groups in total. The first-order valence-electron chi connectivity index (χ1n) is 10.1. The van der Waals surface area contributed by atoms with E-state index in [0.717, 1.165) is 16.0 Å². The molecule has 31 heavy (non-hydrogen) atoms. The van der Waals surface area contributed by atoms with Gasteiger partial charge in [0.1, 0.15) is 5.76 Å². The van der Waals surface area contributed by atoms with Gasteiger partial charge in [-0.3, -0.25) is 9.59 Å². The molecule has 1 fully saturated rings. The summed E-state index contributed by atoms with van der Waals surface area (Å²) >= 11 is 0. The summed E-state index contributed by atoms with van der Waals surface area (Å²) in [6.45, 7) is 3.04. The summed E-state index contributed by atoms with van der Waals surface area (Å²) in [4.78, 5) is 28.7. The Bertz CT molecular complexity index is 1010. The molecule has 0 radical (unpaired) electrons. The van der Waals surface area contributed by atoms with Crippen LogP contribution in [0.15, 0.2) is 48.0 Å². The maximum Gasteiger partial charge on any atom is 0.295 e. The summed E-state index contributed by atoms with van der Waals surface area (Å²) in [7, 11) is 6.99. The van der Waals surface area contributed by atoms with E-state index in [9.17, 15) is 14.7 Å². The largest absolute Gasteiger partial charge is 0.507 e. The van der Waals surface area contributed by atoms with Gasteiger partial charge in [-0.15, -0.1) is 0 Å². The van der Waals surface area contributed by atoms with Gasteiger partial charge in [0.15, 0.2) is 11.5 Å². The molecule has 0 aromatic heterocycles. The van der Waals surface area contributed by atoms with Gasteiger partial charge in [0.25, 0.3) is 11.7 Å². The van der Waals surface area contributed by atoms with Crippen molar-refractivity contribution in [2.45, 2.75) is 13.0 Å². The lowest BCUT2D eigenvalue weighted by molar-refractivity contribution is -0.857. The number of carbonyl (C=O) groups excluding carboxylic acids is 2. The Kier molecular flexibility index (Phi) is 6.65. The molecule has 1 heterocycles. The average Bonchev–Trinajstić information content (AvgIpc) is 3.01. The Balaban J connectivity index is 2.15. The number of ketones is 1. The van der Waals surface area contributed by atoms with Crippen LogP contribution in [-0.2, 0) is 9.59 Å². The Morgan fingerprint density at radius 3 is 2.26 bits per heavy atom. The van der Waals surface area contributed by atoms with Crippen molar-refractivity contribution in [2.24, 2.45) is 0 Å². The molecule has 1 aliphatic rings. The van der Waals surface area contributed by atoms with Crippen molar-refractivity contribution in [3.05, 3.63) is 64.7 Å². The number of aryl methyl sites for hydroxylation is 1. The zero-order chi connectivity index (χ0) is 22.7. The first-order valence-corrected chi connectivity index (χ1v) is 10.1. The topological polar surface area (TPSA) is 80.5 Å². The first-order chi connectivity index (χ1) is 14.8. The maximum absolute atomic E-state index is 13.0. The minimum absolute atomic E-state index is 0.0785. The smallest absolute Gasteiger partial charge is 0.295 e. The number of amides is 1. The Labute approximate surface area is 182 Å². The molecule has 3 rings (SSSR count). The number of carbonyl (C=O) groups is 2. The van der Waals surface area contributed by atoms with E-state index in [-0.39, 0.29) is 11.3 Å². The molecule has 1 saturated heterocycles. The van der Waals surface area contributed by atoms with Crippen molar-refractivity contribution in [2.75, 3.05) is 41.4 Å². The van der Waals surface area contributed by atoms with Gasteiger partial charge in [-0.05, 0) is 30.7 Å². The Morgan fingerprint density at radius 1 is 1.03 bits per heavy atom. The zero-order valence-electron chi connectivity index (χ0n) is 18.6. The highest BCUT2D eigenvalue weighted by atomic mass is 16.5. The highest BCUT2D eigenvalue weighted by Crippen LogP contribution is 2.40. The van der Waals surface area contributed by atoms with Crippen molar-refractivity contribution in [3.63, 3.8) is 0 Å². The molecular weight excluding hydrogens is 396 g/mol. The van der Waals surface area contributed by atoms with Gasteiger partial charge in [0, 0.05) is 5.56 Å². The third kappa shape index (κ3) is 4.41. The summed E-state index contributed by atoms with van der Waals surface area (Å²) in [5.41, 5.74) is 2.31. The van der Waals surface area contributed by atoms with E-state index in [1.54, 1.807) is 23.1 Å². The highest BCUT2D eigenvalue weighted by molar-refractivity contribution is 6.46. The van der Waals surface area contributed by atoms with Crippen LogP contribution in [0.2, 0.25) is 0 Å². The molecular formula is C24H29N2O5+. The molecule has 0 saturated carbocycles. The van der Waals surface area contributed by atoms with E-state index >= 15 is 0 Å². The fourth-order valence-corrected chi connectivity index (χ4v) is 3.69. The number of methoxy groups -OCH3 is 2. The number of aliphatic hydroxyl groups excluding tert-OH is 1. The molecule has 2 aromatic rings. The summed E-state index contributed by atoms with van der Waals surface area (Å²) in [5, 5.41) is 11.2. The van der Waals surface area contributed by atoms with Gasteiger partial charge < -0.3 is 24.4 Å². The second-order valence-electron chi connectivity index (χ2n) is 7.93. The van der Waals surface area contributed by atoms with E-state index in [1.807, 2.05) is 45.3 Å². The van der Waals surface area contributed by atoms with Crippen LogP contribution in [0.25, 0.3) is 5.76 Å². The lowest BCUT2D eigenvalue weighted by Gasteiger charge is -2.25. The number of hydrogen-bond acceptors (Lipinski definition) is 5. The van der Waals surface area contributed by atoms with Gasteiger partial charge in [-0.2, -0.15) is 0 Å². The van der Waals surface area contributed by atoms with Crippen molar-refractivity contribution < 1.29 is 29.1 Å². The molecule has 0 spiro atoms. The van der Waals surface area contributed by atoms with Crippen LogP contribution in [0.4, 0.5) is 0 Å². The van der Waals surface area contributed by atoms with Gasteiger partial charge in [-0.25, -0.2) is 0 Å². The molecule has 2 aromatic carbocycles. The molecule has 1 atom stereocenters. The molecule has 0 unspecified atom stereocenters. The normalized spacial score (nSPS) is 18.0. The Morgan fingerprint density at radius 2 is 1.68 bits per heavy atom. The number of nitrogens with one attached hydrogen (secondary N) is 1. The van der Waals surface area contributed by atoms with Crippen LogP contribution < -0.4 is 14.4 Å². The summed E-state index contributed by atoms with van der Waals surface area (Å²) in [6, 6.07) is 11.9. The van der Waals surface area contributed by atoms with E-state index < -0.39 is 17.7 Å². The van der Waals surface area contributed by atoms with Crippen LogP contribution in [0, 0.1) is 6.92 Å². The standard InChI is InChI=1S/C24H28N2O5/c1-15-6-8-16(9-7-15)21-20(23(28)24(29)26(21)13-12-25(2)3)22(27)17-10-11-18(30-4)19(14-17)31-5/h6-11,14,21,27H,12-13H2,1-5H3/p+1/t21-/m1/s1. The second kappa shape index (κ2) is 9.22. The fraction of sp³-hybridized carbons (Fsp3) is 0.333. The third-order valence-electron chi connectivity index (χ3n) is 5.44. The lowest BCUT2D eigenvalue weighted by atomic mass is 9.94. The SMILES string of the molecule is COc1ccc(C(O)=C2C(=O)C(=O)N(CC[NH+](C)C)[C@@H]2c2ccc(C)cc2)cc1OC. The number of quaternary nitrogens is 1. The molecule has 7 heteroatoms. The number of ether oxygens (including phenoxy) is 2. The number of aliphatic hydroxyl groups is 1. The van der Waals surface area contributed by atoms with Crippen molar-refractivity contribution >= 4 is 17.4 Å². The number of likely N-dealkylation sites (tertiary alicyclic amines) is 1. The van der Waals surface area contributed by atoms with E-state index in [2.05, 4.69) is 0 Å². The van der Waals surface area contributed by atoms with Crippen molar-refractivity contribution in [3.8, 4) is 11.5 Å². The number of likely N-dealkylation sites (N-methyl/N-ethyl adjacent to an activating group) is 1. The van der Waals surface area contributed by atoms with Crippen LogP contribution >= 0.6 is 0 Å². The molecule has 0 aliphatic carbocycles.